The molecule has 1 heterocycles. The third-order valence-corrected chi connectivity index (χ3v) is 4.34. The maximum absolute atomic E-state index is 13.0. The first kappa shape index (κ1) is 11.3. The van der Waals surface area contributed by atoms with Crippen molar-refractivity contribution >= 4 is 15.5 Å². The van der Waals surface area contributed by atoms with E-state index < -0.39 is 15.7 Å². The van der Waals surface area contributed by atoms with E-state index in [1.54, 1.807) is 0 Å². The second kappa shape index (κ2) is 4.03. The van der Waals surface area contributed by atoms with Gasteiger partial charge in [0.2, 0.25) is 0 Å². The molecule has 0 unspecified atom stereocenters. The standard InChI is InChI=1S/C10H13FN2O2S/c11-8-1-2-9-10(7-8)16(14,15)6-5-13(9)4-3-12/h1-2,7H,3-6,12H2. The minimum atomic E-state index is -3.34. The molecule has 0 fully saturated rings. The highest BCUT2D eigenvalue weighted by Crippen LogP contribution is 2.30. The molecule has 6 heteroatoms. The van der Waals surface area contributed by atoms with Crippen LogP contribution in [0.2, 0.25) is 0 Å². The lowest BCUT2D eigenvalue weighted by Crippen LogP contribution is -2.38. The highest BCUT2D eigenvalue weighted by molar-refractivity contribution is 7.91. The van der Waals surface area contributed by atoms with Crippen molar-refractivity contribution in [2.75, 3.05) is 30.3 Å². The highest BCUT2D eigenvalue weighted by atomic mass is 32.2. The molecule has 2 rings (SSSR count). The summed E-state index contributed by atoms with van der Waals surface area (Å²) in [5, 5.41) is 0. The first-order valence-electron chi connectivity index (χ1n) is 5.02. The Morgan fingerprint density at radius 1 is 1.44 bits per heavy atom. The summed E-state index contributed by atoms with van der Waals surface area (Å²) in [6.07, 6.45) is 0. The second-order valence-electron chi connectivity index (χ2n) is 3.71. The number of nitrogens with zero attached hydrogens (tertiary/aromatic N) is 1. The molecular weight excluding hydrogens is 231 g/mol. The van der Waals surface area contributed by atoms with Crippen LogP contribution in [0.1, 0.15) is 0 Å². The smallest absolute Gasteiger partial charge is 0.182 e. The number of sulfone groups is 1. The Morgan fingerprint density at radius 3 is 2.88 bits per heavy atom. The Bertz CT molecular complexity index is 502. The summed E-state index contributed by atoms with van der Waals surface area (Å²) in [6.45, 7) is 1.43. The molecule has 0 saturated heterocycles. The molecule has 0 amide bonds. The molecule has 0 aliphatic carbocycles. The third kappa shape index (κ3) is 1.90. The van der Waals surface area contributed by atoms with Crippen LogP contribution in [0.3, 0.4) is 0 Å². The molecule has 4 nitrogen and oxygen atoms in total. The van der Waals surface area contributed by atoms with E-state index in [2.05, 4.69) is 0 Å². The number of rotatable bonds is 2. The van der Waals surface area contributed by atoms with E-state index in [0.29, 0.717) is 25.3 Å². The Hall–Kier alpha value is -1.14. The van der Waals surface area contributed by atoms with Gasteiger partial charge in [0.05, 0.1) is 16.3 Å². The molecular formula is C10H13FN2O2S. The summed E-state index contributed by atoms with van der Waals surface area (Å²) < 4.78 is 36.5. The van der Waals surface area contributed by atoms with Gasteiger partial charge in [-0.3, -0.25) is 0 Å². The third-order valence-electron chi connectivity index (χ3n) is 2.63. The fourth-order valence-electron chi connectivity index (χ4n) is 1.85. The molecule has 1 aliphatic rings. The summed E-state index contributed by atoms with van der Waals surface area (Å²) >= 11 is 0. The van der Waals surface area contributed by atoms with Crippen LogP contribution in [-0.2, 0) is 9.84 Å². The van der Waals surface area contributed by atoms with Gasteiger partial charge in [-0.2, -0.15) is 0 Å². The number of hydrogen-bond donors (Lipinski definition) is 1. The number of hydrogen-bond acceptors (Lipinski definition) is 4. The SMILES string of the molecule is NCCN1CCS(=O)(=O)c2cc(F)ccc21. The number of benzene rings is 1. The van der Waals surface area contributed by atoms with Crippen molar-refractivity contribution in [1.29, 1.82) is 0 Å². The first-order valence-corrected chi connectivity index (χ1v) is 6.67. The van der Waals surface area contributed by atoms with Crippen molar-refractivity contribution in [1.82, 2.24) is 0 Å². The van der Waals surface area contributed by atoms with Gasteiger partial charge in [-0.25, -0.2) is 12.8 Å². The predicted octanol–water partition coefficient (Wildman–Crippen LogP) is 0.378. The average molecular weight is 244 g/mol. The van der Waals surface area contributed by atoms with Gasteiger partial charge in [-0.15, -0.1) is 0 Å². The fourth-order valence-corrected chi connectivity index (χ4v) is 3.34. The minimum Gasteiger partial charge on any atom is -0.368 e. The lowest BCUT2D eigenvalue weighted by atomic mass is 10.2. The van der Waals surface area contributed by atoms with Gasteiger partial charge in [0.25, 0.3) is 0 Å². The molecule has 0 saturated carbocycles. The van der Waals surface area contributed by atoms with Crippen molar-refractivity contribution in [2.24, 2.45) is 5.73 Å². The fraction of sp³-hybridized carbons (Fsp3) is 0.400. The van der Waals surface area contributed by atoms with Crippen molar-refractivity contribution in [3.8, 4) is 0 Å². The molecule has 0 spiro atoms. The van der Waals surface area contributed by atoms with E-state index >= 15 is 0 Å². The molecule has 0 aromatic heterocycles. The van der Waals surface area contributed by atoms with Crippen molar-refractivity contribution in [2.45, 2.75) is 4.90 Å². The molecule has 1 aromatic carbocycles. The van der Waals surface area contributed by atoms with Crippen molar-refractivity contribution in [3.63, 3.8) is 0 Å². The van der Waals surface area contributed by atoms with Crippen LogP contribution in [0.15, 0.2) is 23.1 Å². The van der Waals surface area contributed by atoms with Crippen LogP contribution in [0.4, 0.5) is 10.1 Å². The maximum Gasteiger partial charge on any atom is 0.182 e. The molecule has 0 radical (unpaired) electrons. The van der Waals surface area contributed by atoms with E-state index in [1.807, 2.05) is 4.90 Å². The van der Waals surface area contributed by atoms with Gasteiger partial charge in [-0.1, -0.05) is 0 Å². The molecule has 0 atom stereocenters. The number of nitrogens with two attached hydrogens (primary N) is 1. The summed E-state index contributed by atoms with van der Waals surface area (Å²) in [5.41, 5.74) is 6.00. The minimum absolute atomic E-state index is 0.0173. The van der Waals surface area contributed by atoms with Crippen LogP contribution < -0.4 is 10.6 Å². The maximum atomic E-state index is 13.0. The Labute approximate surface area is 93.8 Å². The summed E-state index contributed by atoms with van der Waals surface area (Å²) in [4.78, 5) is 1.95. The van der Waals surface area contributed by atoms with Crippen LogP contribution in [0.5, 0.6) is 0 Å². The molecule has 0 bridgehead atoms. The highest BCUT2D eigenvalue weighted by Gasteiger charge is 2.28. The normalized spacial score (nSPS) is 18.2. The lowest BCUT2D eigenvalue weighted by molar-refractivity contribution is 0.583. The van der Waals surface area contributed by atoms with Crippen LogP contribution in [0, 0.1) is 5.82 Å². The zero-order valence-corrected chi connectivity index (χ0v) is 9.50. The zero-order chi connectivity index (χ0) is 11.8. The lowest BCUT2D eigenvalue weighted by Gasteiger charge is -2.30. The summed E-state index contributed by atoms with van der Waals surface area (Å²) in [6, 6.07) is 3.84. The quantitative estimate of drug-likeness (QED) is 0.817. The molecule has 1 aromatic rings. The van der Waals surface area contributed by atoms with Gasteiger partial charge in [0.1, 0.15) is 5.82 Å². The monoisotopic (exact) mass is 244 g/mol. The van der Waals surface area contributed by atoms with Crippen molar-refractivity contribution in [3.05, 3.63) is 24.0 Å². The topological polar surface area (TPSA) is 63.4 Å². The van der Waals surface area contributed by atoms with Crippen LogP contribution in [-0.4, -0.2) is 33.8 Å². The predicted molar refractivity (Wildman–Crippen MR) is 59.7 cm³/mol. The summed E-state index contributed by atoms with van der Waals surface area (Å²) in [7, 11) is -3.34. The average Bonchev–Trinajstić information content (AvgIpc) is 2.23. The Kier molecular flexibility index (Phi) is 2.86. The number of anilines is 1. The molecule has 1 aliphatic heterocycles. The van der Waals surface area contributed by atoms with Crippen LogP contribution in [0.25, 0.3) is 0 Å². The zero-order valence-electron chi connectivity index (χ0n) is 8.69. The van der Waals surface area contributed by atoms with E-state index in [9.17, 15) is 12.8 Å². The largest absolute Gasteiger partial charge is 0.368 e. The van der Waals surface area contributed by atoms with Gasteiger partial charge < -0.3 is 10.6 Å². The van der Waals surface area contributed by atoms with Gasteiger partial charge in [-0.05, 0) is 18.2 Å². The number of halogens is 1. The second-order valence-corrected chi connectivity index (χ2v) is 5.78. The molecule has 88 valence electrons. The van der Waals surface area contributed by atoms with E-state index in [0.717, 1.165) is 6.07 Å². The Morgan fingerprint density at radius 2 is 2.19 bits per heavy atom. The van der Waals surface area contributed by atoms with Gasteiger partial charge in [0, 0.05) is 19.6 Å². The van der Waals surface area contributed by atoms with Gasteiger partial charge >= 0.3 is 0 Å². The molecule has 16 heavy (non-hydrogen) atoms. The molecule has 2 N–H and O–H groups in total. The van der Waals surface area contributed by atoms with Crippen molar-refractivity contribution < 1.29 is 12.8 Å². The van der Waals surface area contributed by atoms with Crippen LogP contribution >= 0.6 is 0 Å². The number of fused-ring (bicyclic) bond motifs is 1. The van der Waals surface area contributed by atoms with E-state index in [-0.39, 0.29) is 10.6 Å². The van der Waals surface area contributed by atoms with E-state index in [4.69, 9.17) is 5.73 Å². The van der Waals surface area contributed by atoms with Gasteiger partial charge in [0.15, 0.2) is 9.84 Å². The Balaban J connectivity index is 2.53. The first-order chi connectivity index (χ1) is 7.54. The van der Waals surface area contributed by atoms with E-state index in [1.165, 1.54) is 12.1 Å². The summed E-state index contributed by atoms with van der Waals surface area (Å²) in [5.74, 6) is -0.513.